The van der Waals surface area contributed by atoms with Crippen molar-refractivity contribution >= 4 is 41.0 Å². The first kappa shape index (κ1) is 20.1. The SMILES string of the molecule is O=C(NC1CCCCC1)NC1CCN(C(=O)Nc2ccc(Cl)c(Cl)c2)CC1. The monoisotopic (exact) mass is 412 g/mol. The van der Waals surface area contributed by atoms with Gasteiger partial charge in [0.2, 0.25) is 0 Å². The van der Waals surface area contributed by atoms with Crippen LogP contribution in [0.3, 0.4) is 0 Å². The normalized spacial score (nSPS) is 18.8. The lowest BCUT2D eigenvalue weighted by Gasteiger charge is -2.33. The van der Waals surface area contributed by atoms with Gasteiger partial charge in [0, 0.05) is 30.9 Å². The number of nitrogens with one attached hydrogen (secondary N) is 3. The minimum absolute atomic E-state index is 0.0828. The predicted octanol–water partition coefficient (Wildman–Crippen LogP) is 4.62. The van der Waals surface area contributed by atoms with Crippen LogP contribution in [-0.4, -0.2) is 42.1 Å². The molecule has 4 amide bonds. The number of rotatable bonds is 3. The molecule has 0 spiro atoms. The number of hydrogen-bond acceptors (Lipinski definition) is 2. The Bertz CT molecular complexity index is 672. The molecule has 0 aromatic heterocycles. The molecule has 1 aliphatic heterocycles. The molecule has 1 aliphatic carbocycles. The molecule has 0 atom stereocenters. The minimum Gasteiger partial charge on any atom is -0.335 e. The molecule has 3 rings (SSSR count). The highest BCUT2D eigenvalue weighted by molar-refractivity contribution is 6.42. The minimum atomic E-state index is -0.168. The summed E-state index contributed by atoms with van der Waals surface area (Å²) in [5.41, 5.74) is 0.613. The van der Waals surface area contributed by atoms with E-state index in [2.05, 4.69) is 16.0 Å². The maximum atomic E-state index is 12.4. The fourth-order valence-electron chi connectivity index (χ4n) is 3.66. The van der Waals surface area contributed by atoms with Crippen LogP contribution in [-0.2, 0) is 0 Å². The summed E-state index contributed by atoms with van der Waals surface area (Å²) in [6, 6.07) is 5.15. The molecule has 1 saturated heterocycles. The van der Waals surface area contributed by atoms with Gasteiger partial charge in [-0.15, -0.1) is 0 Å². The topological polar surface area (TPSA) is 73.5 Å². The number of nitrogens with zero attached hydrogens (tertiary/aromatic N) is 1. The van der Waals surface area contributed by atoms with Crippen molar-refractivity contribution in [2.75, 3.05) is 18.4 Å². The van der Waals surface area contributed by atoms with Gasteiger partial charge in [-0.05, 0) is 43.9 Å². The molecule has 148 valence electrons. The number of amides is 4. The van der Waals surface area contributed by atoms with Gasteiger partial charge >= 0.3 is 12.1 Å². The molecule has 0 radical (unpaired) electrons. The van der Waals surface area contributed by atoms with Gasteiger partial charge in [-0.3, -0.25) is 0 Å². The van der Waals surface area contributed by atoms with Gasteiger partial charge < -0.3 is 20.9 Å². The molecule has 1 aromatic carbocycles. The number of hydrogen-bond donors (Lipinski definition) is 3. The van der Waals surface area contributed by atoms with Crippen molar-refractivity contribution in [3.05, 3.63) is 28.2 Å². The van der Waals surface area contributed by atoms with Crippen LogP contribution in [0, 0.1) is 0 Å². The second-order valence-corrected chi connectivity index (χ2v) is 8.09. The zero-order valence-corrected chi connectivity index (χ0v) is 16.8. The van der Waals surface area contributed by atoms with Gasteiger partial charge in [-0.25, -0.2) is 9.59 Å². The molecular weight excluding hydrogens is 387 g/mol. The van der Waals surface area contributed by atoms with E-state index < -0.39 is 0 Å². The summed E-state index contributed by atoms with van der Waals surface area (Å²) in [5.74, 6) is 0. The van der Waals surface area contributed by atoms with E-state index in [0.29, 0.717) is 34.9 Å². The smallest absolute Gasteiger partial charge is 0.321 e. The van der Waals surface area contributed by atoms with E-state index in [9.17, 15) is 9.59 Å². The maximum absolute atomic E-state index is 12.4. The molecule has 8 heteroatoms. The molecule has 27 heavy (non-hydrogen) atoms. The summed E-state index contributed by atoms with van der Waals surface area (Å²) >= 11 is 11.9. The van der Waals surface area contributed by atoms with Gasteiger partial charge in [0.1, 0.15) is 0 Å². The predicted molar refractivity (Wildman–Crippen MR) is 109 cm³/mol. The van der Waals surface area contributed by atoms with Gasteiger partial charge in [-0.1, -0.05) is 42.5 Å². The second-order valence-electron chi connectivity index (χ2n) is 7.27. The molecular formula is C19H26Cl2N4O2. The van der Waals surface area contributed by atoms with E-state index in [0.717, 1.165) is 25.7 Å². The van der Waals surface area contributed by atoms with Gasteiger partial charge in [0.05, 0.1) is 10.0 Å². The molecule has 3 N–H and O–H groups in total. The first-order chi connectivity index (χ1) is 13.0. The lowest BCUT2D eigenvalue weighted by Crippen LogP contribution is -2.51. The highest BCUT2D eigenvalue weighted by Crippen LogP contribution is 2.25. The van der Waals surface area contributed by atoms with Crippen LogP contribution >= 0.6 is 23.2 Å². The highest BCUT2D eigenvalue weighted by Gasteiger charge is 2.25. The number of piperidine rings is 1. The Morgan fingerprint density at radius 2 is 1.52 bits per heavy atom. The molecule has 1 aromatic rings. The van der Waals surface area contributed by atoms with Crippen LogP contribution in [0.5, 0.6) is 0 Å². The van der Waals surface area contributed by atoms with Crippen LogP contribution in [0.25, 0.3) is 0 Å². The van der Waals surface area contributed by atoms with E-state index in [4.69, 9.17) is 23.2 Å². The van der Waals surface area contributed by atoms with E-state index in [1.807, 2.05) is 0 Å². The average Bonchev–Trinajstić information content (AvgIpc) is 2.66. The van der Waals surface area contributed by atoms with Crippen LogP contribution < -0.4 is 16.0 Å². The fourth-order valence-corrected chi connectivity index (χ4v) is 3.96. The van der Waals surface area contributed by atoms with E-state index >= 15 is 0 Å². The largest absolute Gasteiger partial charge is 0.335 e. The summed E-state index contributed by atoms with van der Waals surface area (Å²) < 4.78 is 0. The van der Waals surface area contributed by atoms with E-state index in [1.54, 1.807) is 23.1 Å². The molecule has 0 unspecified atom stereocenters. The van der Waals surface area contributed by atoms with Crippen LogP contribution in [0.4, 0.5) is 15.3 Å². The molecule has 2 aliphatic rings. The first-order valence-corrected chi connectivity index (χ1v) is 10.3. The zero-order chi connectivity index (χ0) is 19.2. The Balaban J connectivity index is 1.40. The molecule has 2 fully saturated rings. The van der Waals surface area contributed by atoms with Crippen molar-refractivity contribution in [3.8, 4) is 0 Å². The summed E-state index contributed by atoms with van der Waals surface area (Å²) in [7, 11) is 0. The van der Waals surface area contributed by atoms with Crippen LogP contribution in [0.2, 0.25) is 10.0 Å². The first-order valence-electron chi connectivity index (χ1n) is 9.59. The van der Waals surface area contributed by atoms with Gasteiger partial charge in [-0.2, -0.15) is 0 Å². The fraction of sp³-hybridized carbons (Fsp3) is 0.579. The Morgan fingerprint density at radius 1 is 0.889 bits per heavy atom. The molecule has 1 saturated carbocycles. The Morgan fingerprint density at radius 3 is 2.15 bits per heavy atom. The Labute approximate surface area is 170 Å². The number of halogens is 2. The van der Waals surface area contributed by atoms with Crippen molar-refractivity contribution < 1.29 is 9.59 Å². The lowest BCUT2D eigenvalue weighted by atomic mass is 9.96. The van der Waals surface area contributed by atoms with E-state index in [-0.39, 0.29) is 18.1 Å². The van der Waals surface area contributed by atoms with Crippen LogP contribution in [0.1, 0.15) is 44.9 Å². The number of carbonyl (C=O) groups is 2. The van der Waals surface area contributed by atoms with Crippen LogP contribution in [0.15, 0.2) is 18.2 Å². The number of anilines is 1. The Kier molecular flexibility index (Phi) is 7.07. The van der Waals surface area contributed by atoms with Gasteiger partial charge in [0.15, 0.2) is 0 Å². The van der Waals surface area contributed by atoms with Crippen molar-refractivity contribution in [2.45, 2.75) is 57.0 Å². The number of likely N-dealkylation sites (tertiary alicyclic amines) is 1. The van der Waals surface area contributed by atoms with Crippen molar-refractivity contribution in [3.63, 3.8) is 0 Å². The maximum Gasteiger partial charge on any atom is 0.321 e. The molecule has 6 nitrogen and oxygen atoms in total. The zero-order valence-electron chi connectivity index (χ0n) is 15.3. The third-order valence-corrected chi connectivity index (χ3v) is 5.97. The summed E-state index contributed by atoms with van der Waals surface area (Å²) in [6.07, 6.45) is 7.28. The quantitative estimate of drug-likeness (QED) is 0.677. The average molecular weight is 413 g/mol. The number of carbonyl (C=O) groups excluding carboxylic acids is 2. The summed E-state index contributed by atoms with van der Waals surface area (Å²) in [4.78, 5) is 26.3. The van der Waals surface area contributed by atoms with Crippen molar-refractivity contribution in [1.29, 1.82) is 0 Å². The lowest BCUT2D eigenvalue weighted by molar-refractivity contribution is 0.186. The standard InChI is InChI=1S/C19H26Cl2N4O2/c20-16-7-6-15(12-17(16)21)24-19(27)25-10-8-14(9-11-25)23-18(26)22-13-4-2-1-3-5-13/h6-7,12-14H,1-5,8-11H2,(H,24,27)(H2,22,23,26). The van der Waals surface area contributed by atoms with Crippen molar-refractivity contribution in [1.82, 2.24) is 15.5 Å². The summed E-state index contributed by atoms with van der Waals surface area (Å²) in [5, 5.41) is 9.81. The third-order valence-electron chi connectivity index (χ3n) is 5.23. The number of benzene rings is 1. The molecule has 1 heterocycles. The Hall–Kier alpha value is -1.66. The van der Waals surface area contributed by atoms with Gasteiger partial charge in [0.25, 0.3) is 0 Å². The molecule has 0 bridgehead atoms. The van der Waals surface area contributed by atoms with Crippen molar-refractivity contribution in [2.24, 2.45) is 0 Å². The van der Waals surface area contributed by atoms with E-state index in [1.165, 1.54) is 19.3 Å². The second kappa shape index (κ2) is 9.51. The highest BCUT2D eigenvalue weighted by atomic mass is 35.5. The number of urea groups is 2. The third kappa shape index (κ3) is 5.91. The summed E-state index contributed by atoms with van der Waals surface area (Å²) in [6.45, 7) is 1.20.